The van der Waals surface area contributed by atoms with Crippen molar-refractivity contribution < 1.29 is 14.3 Å². The molecule has 0 aromatic heterocycles. The zero-order chi connectivity index (χ0) is 14.7. The first-order valence-corrected chi connectivity index (χ1v) is 7.63. The summed E-state index contributed by atoms with van der Waals surface area (Å²) in [4.78, 5) is 13.7. The molecule has 2 aliphatic heterocycles. The lowest BCUT2D eigenvalue weighted by atomic mass is 10.0. The van der Waals surface area contributed by atoms with E-state index in [2.05, 4.69) is 22.3 Å². The topological polar surface area (TPSA) is 50.8 Å². The van der Waals surface area contributed by atoms with E-state index in [0.717, 1.165) is 31.6 Å². The van der Waals surface area contributed by atoms with Crippen LogP contribution in [0.1, 0.15) is 26.2 Å². The summed E-state index contributed by atoms with van der Waals surface area (Å²) in [6, 6.07) is 8.02. The number of hydrogen-bond acceptors (Lipinski definition) is 4. The van der Waals surface area contributed by atoms with Gasteiger partial charge in [0.1, 0.15) is 0 Å². The van der Waals surface area contributed by atoms with Crippen LogP contribution in [0.5, 0.6) is 0 Å². The minimum Gasteiger partial charge on any atom is -0.371 e. The van der Waals surface area contributed by atoms with E-state index in [9.17, 15) is 4.79 Å². The molecule has 1 aromatic carbocycles. The van der Waals surface area contributed by atoms with Crippen molar-refractivity contribution >= 4 is 17.3 Å². The average Bonchev–Trinajstić information content (AvgIpc) is 2.97. The lowest BCUT2D eigenvalue weighted by Gasteiger charge is -2.38. The summed E-state index contributed by atoms with van der Waals surface area (Å²) in [6.07, 6.45) is 2.30. The number of anilines is 2. The molecule has 5 nitrogen and oxygen atoms in total. The summed E-state index contributed by atoms with van der Waals surface area (Å²) >= 11 is 0. The van der Waals surface area contributed by atoms with Gasteiger partial charge in [-0.1, -0.05) is 6.92 Å². The van der Waals surface area contributed by atoms with Gasteiger partial charge in [-0.15, -0.1) is 0 Å². The predicted molar refractivity (Wildman–Crippen MR) is 81.4 cm³/mol. The lowest BCUT2D eigenvalue weighted by Crippen LogP contribution is -2.45. The Morgan fingerprint density at radius 2 is 1.81 bits per heavy atom. The molecule has 2 saturated heterocycles. The molecular formula is C16H22N2O3. The van der Waals surface area contributed by atoms with Crippen LogP contribution in [0.2, 0.25) is 0 Å². The molecule has 2 aliphatic rings. The summed E-state index contributed by atoms with van der Waals surface area (Å²) in [5.74, 6) is -0.288. The second kappa shape index (κ2) is 6.03. The summed E-state index contributed by atoms with van der Waals surface area (Å²) in [5, 5.41) is 2.86. The maximum atomic E-state index is 11.4. The van der Waals surface area contributed by atoms with Crippen LogP contribution in [0.25, 0.3) is 0 Å². The first kappa shape index (κ1) is 14.4. The van der Waals surface area contributed by atoms with Crippen LogP contribution < -0.4 is 10.2 Å². The highest BCUT2D eigenvalue weighted by atomic mass is 16.7. The van der Waals surface area contributed by atoms with Gasteiger partial charge in [0, 0.05) is 43.7 Å². The fourth-order valence-electron chi connectivity index (χ4n) is 2.90. The fraction of sp³-hybridized carbons (Fsp3) is 0.562. The van der Waals surface area contributed by atoms with Gasteiger partial charge >= 0.3 is 0 Å². The molecule has 114 valence electrons. The smallest absolute Gasteiger partial charge is 0.224 e. The predicted octanol–water partition coefficient (Wildman–Crippen LogP) is 2.38. The molecule has 21 heavy (non-hydrogen) atoms. The molecule has 0 atom stereocenters. The van der Waals surface area contributed by atoms with Crippen LogP contribution >= 0.6 is 0 Å². The third-order valence-corrected chi connectivity index (χ3v) is 4.18. The van der Waals surface area contributed by atoms with Crippen LogP contribution in [0.4, 0.5) is 11.4 Å². The largest absolute Gasteiger partial charge is 0.371 e. The van der Waals surface area contributed by atoms with Gasteiger partial charge in [0.2, 0.25) is 5.91 Å². The van der Waals surface area contributed by atoms with Crippen molar-refractivity contribution in [2.75, 3.05) is 36.5 Å². The van der Waals surface area contributed by atoms with E-state index in [1.165, 1.54) is 5.69 Å². The molecule has 0 aliphatic carbocycles. The SMILES string of the molecule is CCC(=O)Nc1ccc(N2CCC3(CC2)OCCO3)cc1. The maximum Gasteiger partial charge on any atom is 0.224 e. The Balaban J connectivity index is 1.59. The van der Waals surface area contributed by atoms with Crippen molar-refractivity contribution in [2.45, 2.75) is 32.0 Å². The molecule has 2 heterocycles. The summed E-state index contributed by atoms with van der Waals surface area (Å²) in [7, 11) is 0. The van der Waals surface area contributed by atoms with E-state index in [1.54, 1.807) is 0 Å². The van der Waals surface area contributed by atoms with Gasteiger partial charge in [-0.05, 0) is 24.3 Å². The Bertz CT molecular complexity index is 485. The van der Waals surface area contributed by atoms with Gasteiger partial charge in [0.15, 0.2) is 5.79 Å². The van der Waals surface area contributed by atoms with Crippen LogP contribution in [0.15, 0.2) is 24.3 Å². The Labute approximate surface area is 125 Å². The van der Waals surface area contributed by atoms with Gasteiger partial charge < -0.3 is 19.7 Å². The number of rotatable bonds is 3. The number of nitrogens with one attached hydrogen (secondary N) is 1. The molecule has 0 radical (unpaired) electrons. The number of ether oxygens (including phenoxy) is 2. The number of carbonyl (C=O) groups is 1. The molecule has 0 bridgehead atoms. The van der Waals surface area contributed by atoms with Crippen molar-refractivity contribution in [2.24, 2.45) is 0 Å². The third kappa shape index (κ3) is 3.19. The average molecular weight is 290 g/mol. The van der Waals surface area contributed by atoms with Gasteiger partial charge in [-0.3, -0.25) is 4.79 Å². The molecule has 3 rings (SSSR count). The molecule has 5 heteroatoms. The molecule has 0 unspecified atom stereocenters. The van der Waals surface area contributed by atoms with Gasteiger partial charge in [0.05, 0.1) is 13.2 Å². The highest BCUT2D eigenvalue weighted by Crippen LogP contribution is 2.33. The van der Waals surface area contributed by atoms with Crippen molar-refractivity contribution in [3.05, 3.63) is 24.3 Å². The third-order valence-electron chi connectivity index (χ3n) is 4.18. The molecule has 1 spiro atoms. The molecule has 1 aromatic rings. The van der Waals surface area contributed by atoms with Gasteiger partial charge in [-0.25, -0.2) is 0 Å². The number of benzene rings is 1. The zero-order valence-electron chi connectivity index (χ0n) is 12.4. The molecule has 2 fully saturated rings. The highest BCUT2D eigenvalue weighted by Gasteiger charge is 2.39. The number of piperidine rings is 1. The Morgan fingerprint density at radius 3 is 2.38 bits per heavy atom. The minimum absolute atomic E-state index is 0.0400. The minimum atomic E-state index is -0.328. The first-order valence-electron chi connectivity index (χ1n) is 7.63. The van der Waals surface area contributed by atoms with Crippen LogP contribution in [-0.2, 0) is 14.3 Å². The summed E-state index contributed by atoms with van der Waals surface area (Å²) < 4.78 is 11.5. The summed E-state index contributed by atoms with van der Waals surface area (Å²) in [5.41, 5.74) is 2.03. The standard InChI is InChI=1S/C16H22N2O3/c1-2-15(19)17-13-3-5-14(6-4-13)18-9-7-16(8-10-18)20-11-12-21-16/h3-6H,2,7-12H2,1H3,(H,17,19). The van der Waals surface area contributed by atoms with Gasteiger partial charge in [0.25, 0.3) is 0 Å². The quantitative estimate of drug-likeness (QED) is 0.928. The van der Waals surface area contributed by atoms with E-state index < -0.39 is 0 Å². The van der Waals surface area contributed by atoms with Gasteiger partial charge in [-0.2, -0.15) is 0 Å². The normalized spacial score (nSPS) is 20.7. The number of amides is 1. The molecular weight excluding hydrogens is 268 g/mol. The van der Waals surface area contributed by atoms with E-state index in [0.29, 0.717) is 19.6 Å². The number of carbonyl (C=O) groups excluding carboxylic acids is 1. The van der Waals surface area contributed by atoms with Crippen LogP contribution in [-0.4, -0.2) is 38.0 Å². The molecule has 0 saturated carbocycles. The van der Waals surface area contributed by atoms with E-state index in [-0.39, 0.29) is 11.7 Å². The van der Waals surface area contributed by atoms with E-state index >= 15 is 0 Å². The zero-order valence-corrected chi connectivity index (χ0v) is 12.4. The Hall–Kier alpha value is -1.59. The highest BCUT2D eigenvalue weighted by molar-refractivity contribution is 5.90. The number of nitrogens with zero attached hydrogens (tertiary/aromatic N) is 1. The number of hydrogen-bond donors (Lipinski definition) is 1. The van der Waals surface area contributed by atoms with Crippen molar-refractivity contribution in [3.63, 3.8) is 0 Å². The second-order valence-corrected chi connectivity index (χ2v) is 5.54. The Kier molecular flexibility index (Phi) is 4.12. The summed E-state index contributed by atoms with van der Waals surface area (Å²) in [6.45, 7) is 5.14. The second-order valence-electron chi connectivity index (χ2n) is 5.54. The van der Waals surface area contributed by atoms with E-state index in [4.69, 9.17) is 9.47 Å². The fourth-order valence-corrected chi connectivity index (χ4v) is 2.90. The van der Waals surface area contributed by atoms with Crippen LogP contribution in [0, 0.1) is 0 Å². The lowest BCUT2D eigenvalue weighted by molar-refractivity contribution is -0.169. The first-order chi connectivity index (χ1) is 10.2. The Morgan fingerprint density at radius 1 is 1.19 bits per heavy atom. The molecule has 1 amide bonds. The molecule has 1 N–H and O–H groups in total. The van der Waals surface area contributed by atoms with E-state index in [1.807, 2.05) is 19.1 Å². The van der Waals surface area contributed by atoms with Crippen LogP contribution in [0.3, 0.4) is 0 Å². The maximum absolute atomic E-state index is 11.4. The van der Waals surface area contributed by atoms with Crippen molar-refractivity contribution in [1.82, 2.24) is 0 Å². The van der Waals surface area contributed by atoms with Crippen molar-refractivity contribution in [3.8, 4) is 0 Å². The monoisotopic (exact) mass is 290 g/mol. The van der Waals surface area contributed by atoms with Crippen molar-refractivity contribution in [1.29, 1.82) is 0 Å².